The molecule has 31 heavy (non-hydrogen) atoms. The number of nitrogens with one attached hydrogen (secondary N) is 2. The van der Waals surface area contributed by atoms with Crippen molar-refractivity contribution < 1.29 is 13.2 Å². The second-order valence-electron chi connectivity index (χ2n) is 6.57. The van der Waals surface area contributed by atoms with Crippen molar-refractivity contribution in [3.8, 4) is 10.6 Å². The lowest BCUT2D eigenvalue weighted by Crippen LogP contribution is -2.18. The molecule has 4 rings (SSSR count). The molecule has 0 aliphatic rings. The highest BCUT2D eigenvalue weighted by atomic mass is 32.2. The molecule has 0 aliphatic carbocycles. The number of nitrogens with zero attached hydrogens (tertiary/aromatic N) is 2. The summed E-state index contributed by atoms with van der Waals surface area (Å²) in [5, 5.41) is 5.38. The summed E-state index contributed by atoms with van der Waals surface area (Å²) in [6.07, 6.45) is 3.48. The van der Waals surface area contributed by atoms with Gasteiger partial charge in [0.05, 0.1) is 28.4 Å². The molecule has 1 amide bonds. The Morgan fingerprint density at radius 2 is 1.68 bits per heavy atom. The predicted molar refractivity (Wildman–Crippen MR) is 121 cm³/mol. The van der Waals surface area contributed by atoms with Crippen molar-refractivity contribution in [2.75, 3.05) is 10.0 Å². The van der Waals surface area contributed by atoms with Crippen LogP contribution in [0.4, 0.5) is 11.4 Å². The van der Waals surface area contributed by atoms with Crippen LogP contribution in [0.25, 0.3) is 10.6 Å². The van der Waals surface area contributed by atoms with E-state index in [1.807, 2.05) is 17.5 Å². The first kappa shape index (κ1) is 20.7. The molecular formula is C22H18N4O3S2. The van der Waals surface area contributed by atoms with Crippen LogP contribution in [0.3, 0.4) is 0 Å². The van der Waals surface area contributed by atoms with Gasteiger partial charge >= 0.3 is 0 Å². The SMILES string of the molecule is O=C(Cc1csc(-c2cccnc2)n1)Nc1ccccc1NS(=O)(=O)c1ccccc1. The third kappa shape index (κ3) is 5.14. The van der Waals surface area contributed by atoms with Crippen LogP contribution in [-0.2, 0) is 21.2 Å². The van der Waals surface area contributed by atoms with Crippen LogP contribution in [0, 0.1) is 0 Å². The molecule has 0 bridgehead atoms. The Hall–Kier alpha value is -3.56. The first-order valence-electron chi connectivity index (χ1n) is 9.33. The second-order valence-corrected chi connectivity index (χ2v) is 9.12. The second kappa shape index (κ2) is 9.07. The molecule has 0 saturated carbocycles. The molecule has 9 heteroatoms. The van der Waals surface area contributed by atoms with Crippen molar-refractivity contribution in [2.45, 2.75) is 11.3 Å². The highest BCUT2D eigenvalue weighted by Crippen LogP contribution is 2.26. The summed E-state index contributed by atoms with van der Waals surface area (Å²) in [5.41, 5.74) is 2.17. The Morgan fingerprint density at radius 1 is 0.935 bits per heavy atom. The van der Waals surface area contributed by atoms with E-state index in [1.54, 1.807) is 54.9 Å². The molecule has 2 heterocycles. The van der Waals surface area contributed by atoms with Crippen LogP contribution < -0.4 is 10.0 Å². The molecule has 0 fully saturated rings. The molecule has 2 aromatic carbocycles. The third-order valence-corrected chi connectivity index (χ3v) is 6.62. The van der Waals surface area contributed by atoms with E-state index < -0.39 is 10.0 Å². The van der Waals surface area contributed by atoms with Crippen molar-refractivity contribution >= 4 is 38.6 Å². The molecule has 0 spiro atoms. The van der Waals surface area contributed by atoms with Crippen molar-refractivity contribution in [3.05, 3.63) is 90.2 Å². The van der Waals surface area contributed by atoms with E-state index in [9.17, 15) is 13.2 Å². The van der Waals surface area contributed by atoms with E-state index in [1.165, 1.54) is 23.5 Å². The van der Waals surface area contributed by atoms with E-state index in [4.69, 9.17) is 0 Å². The lowest BCUT2D eigenvalue weighted by Gasteiger charge is -2.13. The van der Waals surface area contributed by atoms with E-state index in [0.717, 1.165) is 10.6 Å². The van der Waals surface area contributed by atoms with Gasteiger partial charge < -0.3 is 5.32 Å². The van der Waals surface area contributed by atoms with Gasteiger partial charge in [-0.05, 0) is 36.4 Å². The zero-order chi connectivity index (χ0) is 21.7. The lowest BCUT2D eigenvalue weighted by molar-refractivity contribution is -0.115. The average molecular weight is 451 g/mol. The Bertz CT molecular complexity index is 1290. The van der Waals surface area contributed by atoms with Gasteiger partial charge in [-0.1, -0.05) is 30.3 Å². The van der Waals surface area contributed by atoms with Gasteiger partial charge in [-0.2, -0.15) is 0 Å². The van der Waals surface area contributed by atoms with Crippen LogP contribution in [-0.4, -0.2) is 24.3 Å². The normalized spacial score (nSPS) is 11.1. The standard InChI is InChI=1S/C22H18N4O3S2/c27-21(13-17-15-30-22(24-17)16-7-6-12-23-14-16)25-19-10-4-5-11-20(19)26-31(28,29)18-8-2-1-3-9-18/h1-12,14-15,26H,13H2,(H,25,27). The smallest absolute Gasteiger partial charge is 0.261 e. The summed E-state index contributed by atoms with van der Waals surface area (Å²) in [5.74, 6) is -0.297. The first-order chi connectivity index (χ1) is 15.0. The molecule has 2 N–H and O–H groups in total. The number of hydrogen-bond acceptors (Lipinski definition) is 6. The number of amides is 1. The topological polar surface area (TPSA) is 101 Å². The molecule has 4 aromatic rings. The van der Waals surface area contributed by atoms with Gasteiger partial charge in [-0.3, -0.25) is 14.5 Å². The van der Waals surface area contributed by atoms with Crippen LogP contribution >= 0.6 is 11.3 Å². The maximum absolute atomic E-state index is 12.6. The quantitative estimate of drug-likeness (QED) is 0.440. The minimum absolute atomic E-state index is 0.0660. The van der Waals surface area contributed by atoms with Crippen molar-refractivity contribution in [1.82, 2.24) is 9.97 Å². The number of pyridine rings is 1. The lowest BCUT2D eigenvalue weighted by atomic mass is 10.2. The molecule has 0 radical (unpaired) electrons. The fourth-order valence-electron chi connectivity index (χ4n) is 2.85. The molecule has 0 aliphatic heterocycles. The molecule has 0 atom stereocenters. The van der Waals surface area contributed by atoms with Gasteiger partial charge in [0.2, 0.25) is 5.91 Å². The maximum Gasteiger partial charge on any atom is 0.261 e. The summed E-state index contributed by atoms with van der Waals surface area (Å²) in [4.78, 5) is 21.3. The van der Waals surface area contributed by atoms with Gasteiger partial charge in [-0.25, -0.2) is 13.4 Å². The van der Waals surface area contributed by atoms with Crippen LogP contribution in [0.15, 0.2) is 89.4 Å². The van der Waals surface area contributed by atoms with Gasteiger partial charge in [0.25, 0.3) is 10.0 Å². The number of benzene rings is 2. The van der Waals surface area contributed by atoms with Crippen molar-refractivity contribution in [2.24, 2.45) is 0 Å². The van der Waals surface area contributed by atoms with Crippen molar-refractivity contribution in [1.29, 1.82) is 0 Å². The van der Waals surface area contributed by atoms with Crippen molar-refractivity contribution in [3.63, 3.8) is 0 Å². The number of aromatic nitrogens is 2. The summed E-state index contributed by atoms with van der Waals surface area (Å²) in [7, 11) is -3.78. The number of carbonyl (C=O) groups excluding carboxylic acids is 1. The minimum atomic E-state index is -3.78. The molecule has 0 saturated heterocycles. The molecule has 156 valence electrons. The number of anilines is 2. The summed E-state index contributed by atoms with van der Waals surface area (Å²) >= 11 is 1.44. The number of sulfonamides is 1. The number of para-hydroxylation sites is 2. The Labute approximate surface area is 183 Å². The summed E-state index contributed by atoms with van der Waals surface area (Å²) < 4.78 is 27.8. The molecule has 7 nitrogen and oxygen atoms in total. The molecule has 2 aromatic heterocycles. The number of hydrogen-bond donors (Lipinski definition) is 2. The van der Waals surface area contributed by atoms with E-state index in [-0.39, 0.29) is 22.9 Å². The Balaban J connectivity index is 1.47. The van der Waals surface area contributed by atoms with Crippen LogP contribution in [0.5, 0.6) is 0 Å². The van der Waals surface area contributed by atoms with E-state index in [2.05, 4.69) is 20.0 Å². The number of carbonyl (C=O) groups is 1. The van der Waals surface area contributed by atoms with Gasteiger partial charge in [0.15, 0.2) is 0 Å². The fourth-order valence-corrected chi connectivity index (χ4v) is 4.76. The first-order valence-corrected chi connectivity index (χ1v) is 11.7. The van der Waals surface area contributed by atoms with Gasteiger partial charge in [0.1, 0.15) is 5.01 Å². The monoisotopic (exact) mass is 450 g/mol. The van der Waals surface area contributed by atoms with Gasteiger partial charge in [-0.15, -0.1) is 11.3 Å². The van der Waals surface area contributed by atoms with E-state index >= 15 is 0 Å². The van der Waals surface area contributed by atoms with Gasteiger partial charge in [0, 0.05) is 23.3 Å². The molecule has 0 unspecified atom stereocenters. The highest BCUT2D eigenvalue weighted by molar-refractivity contribution is 7.92. The molecular weight excluding hydrogens is 432 g/mol. The maximum atomic E-state index is 12.6. The summed E-state index contributed by atoms with van der Waals surface area (Å²) in [6.45, 7) is 0. The number of thiazole rings is 1. The zero-order valence-corrected chi connectivity index (χ0v) is 17.9. The van der Waals surface area contributed by atoms with Crippen LogP contribution in [0.2, 0.25) is 0 Å². The minimum Gasteiger partial charge on any atom is -0.324 e. The third-order valence-electron chi connectivity index (χ3n) is 4.30. The highest BCUT2D eigenvalue weighted by Gasteiger charge is 2.17. The Morgan fingerprint density at radius 3 is 2.42 bits per heavy atom. The summed E-state index contributed by atoms with van der Waals surface area (Å²) in [6, 6.07) is 18.4. The number of rotatable bonds is 7. The average Bonchev–Trinajstić information content (AvgIpc) is 3.24. The zero-order valence-electron chi connectivity index (χ0n) is 16.2. The predicted octanol–water partition coefficient (Wildman–Crippen LogP) is 4.19. The van der Waals surface area contributed by atoms with E-state index in [0.29, 0.717) is 11.4 Å². The Kier molecular flexibility index (Phi) is 6.06. The van der Waals surface area contributed by atoms with Crippen LogP contribution in [0.1, 0.15) is 5.69 Å². The largest absolute Gasteiger partial charge is 0.324 e. The fraction of sp³-hybridized carbons (Fsp3) is 0.0455.